The molecule has 1 saturated heterocycles. The zero-order chi connectivity index (χ0) is 20.0. The van der Waals surface area contributed by atoms with E-state index in [1.54, 1.807) is 0 Å². The third kappa shape index (κ3) is 4.34. The Morgan fingerprint density at radius 1 is 1.26 bits per heavy atom. The molecule has 1 aliphatic rings. The van der Waals surface area contributed by atoms with Crippen LogP contribution in [0.4, 0.5) is 26.3 Å². The third-order valence-electron chi connectivity index (χ3n) is 4.01. The fourth-order valence-corrected chi connectivity index (χ4v) is 3.94. The second-order valence-corrected chi connectivity index (χ2v) is 7.23. The Morgan fingerprint density at radius 3 is 2.56 bits per heavy atom. The van der Waals surface area contributed by atoms with Crippen LogP contribution in [-0.2, 0) is 28.9 Å². The highest BCUT2D eigenvalue weighted by Crippen LogP contribution is 2.36. The van der Waals surface area contributed by atoms with Crippen molar-refractivity contribution >= 4 is 22.2 Å². The molecule has 0 spiro atoms. The summed E-state index contributed by atoms with van der Waals surface area (Å²) in [5.41, 5.74) is -1.57. The molecule has 1 amide bonds. The third-order valence-corrected chi connectivity index (χ3v) is 4.89. The number of amides is 1. The van der Waals surface area contributed by atoms with Crippen LogP contribution in [0.25, 0.3) is 4.96 Å². The highest BCUT2D eigenvalue weighted by molar-refractivity contribution is 7.16. The summed E-state index contributed by atoms with van der Waals surface area (Å²) in [5.74, 6) is -1.59. The Balaban J connectivity index is 1.86. The van der Waals surface area contributed by atoms with E-state index in [0.717, 1.165) is 16.2 Å². The van der Waals surface area contributed by atoms with Gasteiger partial charge in [0, 0.05) is 26.5 Å². The number of carbonyl (C=O) groups excluding carboxylic acids is 1. The van der Waals surface area contributed by atoms with Crippen LogP contribution in [0.5, 0.6) is 0 Å². The van der Waals surface area contributed by atoms with Crippen molar-refractivity contribution in [3.05, 3.63) is 16.4 Å². The van der Waals surface area contributed by atoms with Crippen LogP contribution in [0.3, 0.4) is 0 Å². The molecule has 13 heteroatoms. The van der Waals surface area contributed by atoms with Crippen LogP contribution in [0.1, 0.15) is 29.2 Å². The standard InChI is InChI=1S/C14H14F6N4O2S/c1-26-6-9-22-24-11(14(18,19)20)8(21-12(24)27-9)5-23-4-7(2-10(23)25)3-13(15,16)17/h7H,2-6H2,1H3/t7-/m0/s1. The summed E-state index contributed by atoms with van der Waals surface area (Å²) in [6, 6.07) is 0. The van der Waals surface area contributed by atoms with Crippen LogP contribution in [0, 0.1) is 5.92 Å². The first-order valence-electron chi connectivity index (χ1n) is 7.76. The van der Waals surface area contributed by atoms with Crippen LogP contribution in [0.2, 0.25) is 0 Å². The van der Waals surface area contributed by atoms with E-state index in [1.807, 2.05) is 0 Å². The molecule has 3 heterocycles. The maximum Gasteiger partial charge on any atom is 0.435 e. The molecule has 0 N–H and O–H groups in total. The van der Waals surface area contributed by atoms with Gasteiger partial charge in [0.15, 0.2) is 5.69 Å². The lowest BCUT2D eigenvalue weighted by Crippen LogP contribution is -2.27. The van der Waals surface area contributed by atoms with E-state index >= 15 is 0 Å². The minimum absolute atomic E-state index is 0.0182. The summed E-state index contributed by atoms with van der Waals surface area (Å²) in [6.07, 6.45) is -10.7. The first-order valence-corrected chi connectivity index (χ1v) is 8.57. The van der Waals surface area contributed by atoms with E-state index in [2.05, 4.69) is 10.1 Å². The number of halogens is 6. The summed E-state index contributed by atoms with van der Waals surface area (Å²) in [5, 5.41) is 4.11. The molecule has 1 atom stereocenters. The molecule has 150 valence electrons. The predicted octanol–water partition coefficient (Wildman–Crippen LogP) is 3.26. The van der Waals surface area contributed by atoms with Gasteiger partial charge in [0.2, 0.25) is 10.9 Å². The van der Waals surface area contributed by atoms with E-state index in [0.29, 0.717) is 9.52 Å². The highest BCUT2D eigenvalue weighted by atomic mass is 32.1. The summed E-state index contributed by atoms with van der Waals surface area (Å²) >= 11 is 0.904. The van der Waals surface area contributed by atoms with Gasteiger partial charge in [0.25, 0.3) is 0 Å². The summed E-state index contributed by atoms with van der Waals surface area (Å²) in [4.78, 5) is 16.8. The van der Waals surface area contributed by atoms with Crippen molar-refractivity contribution in [3.8, 4) is 0 Å². The van der Waals surface area contributed by atoms with Crippen LogP contribution < -0.4 is 0 Å². The van der Waals surface area contributed by atoms with E-state index in [1.165, 1.54) is 7.11 Å². The van der Waals surface area contributed by atoms with Crippen molar-refractivity contribution in [2.45, 2.75) is 38.3 Å². The Labute approximate surface area is 152 Å². The average Bonchev–Trinajstić information content (AvgIpc) is 3.09. The minimum atomic E-state index is -4.79. The maximum absolute atomic E-state index is 13.5. The number of likely N-dealkylation sites (tertiary alicyclic amines) is 1. The molecule has 2 aromatic rings. The normalized spacial score (nSPS) is 18.9. The lowest BCUT2D eigenvalue weighted by molar-refractivity contribution is -0.144. The molecule has 0 aliphatic carbocycles. The van der Waals surface area contributed by atoms with Gasteiger partial charge in [-0.25, -0.2) is 4.98 Å². The van der Waals surface area contributed by atoms with E-state index in [-0.39, 0.29) is 24.5 Å². The summed E-state index contributed by atoms with van der Waals surface area (Å²) < 4.78 is 83.5. The number of nitrogens with zero attached hydrogens (tertiary/aromatic N) is 4. The maximum atomic E-state index is 13.5. The molecule has 0 radical (unpaired) electrons. The quantitative estimate of drug-likeness (QED) is 0.703. The summed E-state index contributed by atoms with van der Waals surface area (Å²) in [7, 11) is 1.37. The predicted molar refractivity (Wildman–Crippen MR) is 80.8 cm³/mol. The topological polar surface area (TPSA) is 59.7 Å². The van der Waals surface area contributed by atoms with Crippen LogP contribution in [0.15, 0.2) is 0 Å². The van der Waals surface area contributed by atoms with Gasteiger partial charge >= 0.3 is 12.4 Å². The largest absolute Gasteiger partial charge is 0.435 e. The number of methoxy groups -OCH3 is 1. The Hall–Kier alpha value is -1.89. The van der Waals surface area contributed by atoms with Crippen molar-refractivity contribution in [1.29, 1.82) is 0 Å². The molecular weight excluding hydrogens is 402 g/mol. The zero-order valence-electron chi connectivity index (χ0n) is 13.9. The Kier molecular flexibility index (Phi) is 5.10. The fourth-order valence-electron chi connectivity index (χ4n) is 3.06. The molecule has 2 aromatic heterocycles. The Bertz CT molecular complexity index is 843. The average molecular weight is 416 g/mol. The molecule has 3 rings (SSSR count). The number of hydrogen-bond donors (Lipinski definition) is 0. The molecule has 27 heavy (non-hydrogen) atoms. The highest BCUT2D eigenvalue weighted by Gasteiger charge is 2.42. The van der Waals surface area contributed by atoms with E-state index in [9.17, 15) is 31.1 Å². The molecule has 1 fully saturated rings. The fraction of sp³-hybridized carbons (Fsp3) is 0.643. The number of rotatable bonds is 5. The second kappa shape index (κ2) is 6.93. The van der Waals surface area contributed by atoms with Gasteiger partial charge in [-0.2, -0.15) is 36.0 Å². The number of imidazole rings is 1. The zero-order valence-corrected chi connectivity index (χ0v) is 14.7. The van der Waals surface area contributed by atoms with Crippen molar-refractivity contribution < 1.29 is 35.9 Å². The van der Waals surface area contributed by atoms with Crippen LogP contribution in [-0.4, -0.2) is 45.2 Å². The number of ether oxygens (including phenoxy) is 1. The number of aromatic nitrogens is 3. The van der Waals surface area contributed by atoms with Gasteiger partial charge in [0.05, 0.1) is 18.8 Å². The van der Waals surface area contributed by atoms with Gasteiger partial charge in [-0.3, -0.25) is 4.79 Å². The molecule has 0 bridgehead atoms. The van der Waals surface area contributed by atoms with E-state index < -0.39 is 48.5 Å². The number of hydrogen-bond acceptors (Lipinski definition) is 5. The molecule has 0 aromatic carbocycles. The second-order valence-electron chi connectivity index (χ2n) is 6.19. The SMILES string of the molecule is COCc1nn2c(C(F)(F)F)c(CN3C[C@H](CC(F)(F)F)CC3=O)nc2s1. The number of carbonyl (C=O) groups is 1. The number of fused-ring (bicyclic) bond motifs is 1. The van der Waals surface area contributed by atoms with Gasteiger partial charge in [-0.1, -0.05) is 11.3 Å². The summed E-state index contributed by atoms with van der Waals surface area (Å²) in [6.45, 7) is -0.759. The molecular formula is C14H14F6N4O2S. The van der Waals surface area contributed by atoms with Crippen LogP contribution >= 0.6 is 11.3 Å². The molecule has 1 aliphatic heterocycles. The molecule has 0 unspecified atom stereocenters. The van der Waals surface area contributed by atoms with Gasteiger partial charge in [-0.15, -0.1) is 0 Å². The lowest BCUT2D eigenvalue weighted by atomic mass is 10.1. The number of alkyl halides is 6. The molecule has 6 nitrogen and oxygen atoms in total. The van der Waals surface area contributed by atoms with E-state index in [4.69, 9.17) is 4.74 Å². The first kappa shape index (κ1) is 19.9. The lowest BCUT2D eigenvalue weighted by Gasteiger charge is -2.17. The van der Waals surface area contributed by atoms with Crippen molar-refractivity contribution in [1.82, 2.24) is 19.5 Å². The van der Waals surface area contributed by atoms with Gasteiger partial charge in [0.1, 0.15) is 5.01 Å². The van der Waals surface area contributed by atoms with Gasteiger partial charge < -0.3 is 9.64 Å². The van der Waals surface area contributed by atoms with Crippen molar-refractivity contribution in [2.24, 2.45) is 5.92 Å². The smallest absolute Gasteiger partial charge is 0.377 e. The Morgan fingerprint density at radius 2 is 1.96 bits per heavy atom. The first-order chi connectivity index (χ1) is 12.5. The van der Waals surface area contributed by atoms with Crippen molar-refractivity contribution in [2.75, 3.05) is 13.7 Å². The van der Waals surface area contributed by atoms with Crippen molar-refractivity contribution in [3.63, 3.8) is 0 Å². The molecule has 0 saturated carbocycles. The monoisotopic (exact) mass is 416 g/mol. The van der Waals surface area contributed by atoms with Gasteiger partial charge in [-0.05, 0) is 5.92 Å². The minimum Gasteiger partial charge on any atom is -0.377 e.